The minimum atomic E-state index is -0.419. The SMILES string of the molecule is CCc1cc2c(cc1N1CCN(C(=O)CCCN3C[C@H](N)C(C)(C)C3)CC1)C(C)(C)c1[nH]c3cc(C#N)ccc3c1C2=O.Cl. The topological polar surface area (TPSA) is 109 Å². The summed E-state index contributed by atoms with van der Waals surface area (Å²) in [6.07, 6.45) is 2.26. The van der Waals surface area contributed by atoms with Gasteiger partial charge in [-0.25, -0.2) is 0 Å². The first kappa shape index (κ1) is 32.0. The summed E-state index contributed by atoms with van der Waals surface area (Å²) in [6.45, 7) is 16.7. The molecule has 0 radical (unpaired) electrons. The molecule has 3 aromatic rings. The number of aromatic nitrogens is 1. The van der Waals surface area contributed by atoms with Crippen molar-refractivity contribution in [1.29, 1.82) is 5.26 Å². The van der Waals surface area contributed by atoms with E-state index in [2.05, 4.69) is 67.6 Å². The van der Waals surface area contributed by atoms with E-state index in [4.69, 9.17) is 5.73 Å². The minimum Gasteiger partial charge on any atom is -0.368 e. The summed E-state index contributed by atoms with van der Waals surface area (Å²) in [5.41, 5.74) is 13.1. The Morgan fingerprint density at radius 3 is 2.48 bits per heavy atom. The number of likely N-dealkylation sites (tertiary alicyclic amines) is 1. The maximum absolute atomic E-state index is 14.0. The molecular formula is C35H45ClN6O2. The lowest BCUT2D eigenvalue weighted by molar-refractivity contribution is -0.131. The summed E-state index contributed by atoms with van der Waals surface area (Å²) in [5.74, 6) is 0.276. The maximum Gasteiger partial charge on any atom is 0.222 e. The number of amides is 1. The summed E-state index contributed by atoms with van der Waals surface area (Å²) in [4.78, 5) is 37.3. The van der Waals surface area contributed by atoms with E-state index in [0.29, 0.717) is 25.1 Å². The molecule has 3 aliphatic rings. The van der Waals surface area contributed by atoms with Crippen molar-refractivity contribution in [3.05, 3.63) is 63.8 Å². The number of nitrogens with one attached hydrogen (secondary N) is 1. The first-order valence-corrected chi connectivity index (χ1v) is 15.7. The zero-order chi connectivity index (χ0) is 30.7. The van der Waals surface area contributed by atoms with Crippen molar-refractivity contribution in [2.24, 2.45) is 11.1 Å². The Labute approximate surface area is 267 Å². The van der Waals surface area contributed by atoms with Crippen molar-refractivity contribution in [1.82, 2.24) is 14.8 Å². The second-order valence-corrected chi connectivity index (χ2v) is 13.9. The largest absolute Gasteiger partial charge is 0.368 e. The number of carbonyl (C=O) groups is 2. The van der Waals surface area contributed by atoms with Crippen molar-refractivity contribution < 1.29 is 9.59 Å². The van der Waals surface area contributed by atoms with Gasteiger partial charge in [-0.05, 0) is 60.2 Å². The number of nitrogens with zero attached hydrogens (tertiary/aromatic N) is 4. The van der Waals surface area contributed by atoms with Gasteiger partial charge in [-0.2, -0.15) is 5.26 Å². The highest BCUT2D eigenvalue weighted by molar-refractivity contribution is 6.20. The van der Waals surface area contributed by atoms with Gasteiger partial charge in [0.05, 0.1) is 17.2 Å². The van der Waals surface area contributed by atoms with Crippen LogP contribution in [0.15, 0.2) is 30.3 Å². The number of rotatable bonds is 6. The van der Waals surface area contributed by atoms with Crippen LogP contribution in [0.5, 0.6) is 0 Å². The van der Waals surface area contributed by atoms with Gasteiger partial charge in [0.25, 0.3) is 0 Å². The average Bonchev–Trinajstić information content (AvgIpc) is 3.51. The molecule has 0 spiro atoms. The molecule has 2 aromatic carbocycles. The number of H-pyrrole nitrogens is 1. The zero-order valence-corrected chi connectivity index (χ0v) is 27.4. The van der Waals surface area contributed by atoms with Crippen LogP contribution < -0.4 is 10.6 Å². The van der Waals surface area contributed by atoms with E-state index in [1.54, 1.807) is 6.07 Å². The monoisotopic (exact) mass is 616 g/mol. The van der Waals surface area contributed by atoms with Gasteiger partial charge in [0.2, 0.25) is 5.91 Å². The van der Waals surface area contributed by atoms with Gasteiger partial charge in [0, 0.05) is 85.0 Å². The number of anilines is 1. The van der Waals surface area contributed by atoms with E-state index in [9.17, 15) is 14.9 Å². The smallest absolute Gasteiger partial charge is 0.222 e. The Hall–Kier alpha value is -3.38. The van der Waals surface area contributed by atoms with Crippen LogP contribution in [0.4, 0.5) is 5.69 Å². The van der Waals surface area contributed by atoms with Gasteiger partial charge >= 0.3 is 0 Å². The number of hydrogen-bond acceptors (Lipinski definition) is 6. The number of piperazine rings is 1. The summed E-state index contributed by atoms with van der Waals surface area (Å²) >= 11 is 0. The fourth-order valence-electron chi connectivity index (χ4n) is 7.42. The number of nitriles is 1. The zero-order valence-electron chi connectivity index (χ0n) is 26.6. The Kier molecular flexibility index (Phi) is 8.62. The molecule has 0 saturated carbocycles. The first-order chi connectivity index (χ1) is 20.4. The van der Waals surface area contributed by atoms with Gasteiger partial charge < -0.3 is 25.4 Å². The maximum atomic E-state index is 14.0. The van der Waals surface area contributed by atoms with Crippen LogP contribution >= 0.6 is 12.4 Å². The normalized spacial score (nSPS) is 20.7. The fraction of sp³-hybridized carbons (Fsp3) is 0.514. The fourth-order valence-corrected chi connectivity index (χ4v) is 7.42. The molecule has 1 amide bonds. The highest BCUT2D eigenvalue weighted by atomic mass is 35.5. The van der Waals surface area contributed by atoms with Crippen molar-refractivity contribution >= 4 is 40.7 Å². The van der Waals surface area contributed by atoms with Gasteiger partial charge in [-0.1, -0.05) is 40.7 Å². The third-order valence-electron chi connectivity index (χ3n) is 10.2. The molecule has 234 valence electrons. The molecule has 8 nitrogen and oxygen atoms in total. The second-order valence-electron chi connectivity index (χ2n) is 13.9. The molecule has 2 fully saturated rings. The summed E-state index contributed by atoms with van der Waals surface area (Å²) < 4.78 is 0. The number of nitrogens with two attached hydrogens (primary N) is 1. The molecule has 1 aromatic heterocycles. The van der Waals surface area contributed by atoms with Crippen molar-refractivity contribution in [3.8, 4) is 6.07 Å². The van der Waals surface area contributed by atoms with Gasteiger partial charge in [0.15, 0.2) is 5.78 Å². The van der Waals surface area contributed by atoms with Crippen molar-refractivity contribution in [3.63, 3.8) is 0 Å². The first-order valence-electron chi connectivity index (χ1n) is 15.7. The molecule has 0 bridgehead atoms. The predicted molar refractivity (Wildman–Crippen MR) is 178 cm³/mol. The van der Waals surface area contributed by atoms with Gasteiger partial charge in [0.1, 0.15) is 0 Å². The van der Waals surface area contributed by atoms with Crippen LogP contribution in [0, 0.1) is 16.7 Å². The number of halogens is 1. The van der Waals surface area contributed by atoms with Crippen molar-refractivity contribution in [2.75, 3.05) is 50.7 Å². The number of aromatic amines is 1. The van der Waals surface area contributed by atoms with E-state index in [1.807, 2.05) is 17.0 Å². The quantitative estimate of drug-likeness (QED) is 0.404. The molecule has 3 heterocycles. The molecule has 2 aliphatic heterocycles. The van der Waals surface area contributed by atoms with Crippen LogP contribution in [0.3, 0.4) is 0 Å². The molecule has 2 saturated heterocycles. The molecule has 6 rings (SSSR count). The van der Waals surface area contributed by atoms with Crippen LogP contribution in [0.1, 0.15) is 85.8 Å². The van der Waals surface area contributed by atoms with Crippen LogP contribution in [0.25, 0.3) is 10.9 Å². The molecule has 1 aliphatic carbocycles. The average molecular weight is 617 g/mol. The van der Waals surface area contributed by atoms with Gasteiger partial charge in [-0.15, -0.1) is 12.4 Å². The van der Waals surface area contributed by atoms with E-state index in [-0.39, 0.29) is 35.6 Å². The highest BCUT2D eigenvalue weighted by Crippen LogP contribution is 2.46. The Bertz CT molecular complexity index is 1640. The standard InChI is InChI=1S/C35H44N6O2.ClH/c1-6-23-17-25-26(35(4,5)33-31(32(25)43)24-10-9-22(19-36)16-27(24)38-33)18-28(23)40-12-14-41(15-13-40)30(42)8-7-11-39-20-29(37)34(2,3)21-39;/h9-10,16-18,29,38H,6-8,11-15,20-21,37H2,1-5H3;1H/t29-;/m0./s1. The number of aryl methyl sites for hydroxylation is 1. The lowest BCUT2D eigenvalue weighted by Crippen LogP contribution is -2.49. The number of ketones is 1. The Morgan fingerprint density at radius 1 is 1.11 bits per heavy atom. The minimum absolute atomic E-state index is 0. The number of fused-ring (bicyclic) bond motifs is 4. The number of hydrogen-bond donors (Lipinski definition) is 2. The van der Waals surface area contributed by atoms with E-state index in [1.165, 1.54) is 0 Å². The predicted octanol–water partition coefficient (Wildman–Crippen LogP) is 4.99. The third kappa shape index (κ3) is 5.40. The number of benzene rings is 2. The van der Waals surface area contributed by atoms with Crippen LogP contribution in [-0.2, 0) is 16.6 Å². The van der Waals surface area contributed by atoms with Crippen LogP contribution in [0.2, 0.25) is 0 Å². The van der Waals surface area contributed by atoms with E-state index >= 15 is 0 Å². The van der Waals surface area contributed by atoms with Gasteiger partial charge in [-0.3, -0.25) is 9.59 Å². The Balaban J connectivity index is 0.00000384. The highest BCUT2D eigenvalue weighted by Gasteiger charge is 2.41. The van der Waals surface area contributed by atoms with E-state index in [0.717, 1.165) is 90.1 Å². The molecule has 3 N–H and O–H groups in total. The summed E-state index contributed by atoms with van der Waals surface area (Å²) in [5, 5.41) is 10.3. The Morgan fingerprint density at radius 2 is 1.84 bits per heavy atom. The lowest BCUT2D eigenvalue weighted by Gasteiger charge is -2.39. The van der Waals surface area contributed by atoms with E-state index < -0.39 is 5.41 Å². The molecule has 9 heteroatoms. The third-order valence-corrected chi connectivity index (χ3v) is 10.2. The summed E-state index contributed by atoms with van der Waals surface area (Å²) in [6, 6.07) is 12.2. The van der Waals surface area contributed by atoms with Crippen molar-refractivity contribution in [2.45, 2.75) is 65.3 Å². The molecular weight excluding hydrogens is 572 g/mol. The lowest BCUT2D eigenvalue weighted by atomic mass is 9.70. The molecule has 1 atom stereocenters. The number of carbonyl (C=O) groups excluding carboxylic acids is 2. The second kappa shape index (κ2) is 11.8. The molecule has 0 unspecified atom stereocenters. The summed E-state index contributed by atoms with van der Waals surface area (Å²) in [7, 11) is 0. The van der Waals surface area contributed by atoms with Crippen LogP contribution in [-0.4, -0.2) is 78.3 Å². The molecule has 44 heavy (non-hydrogen) atoms.